The number of nitrogens with one attached hydrogen (secondary N) is 2. The molecule has 0 aliphatic carbocycles. The van der Waals surface area contributed by atoms with Gasteiger partial charge in [-0.1, -0.05) is 26.0 Å². The molecule has 0 unspecified atom stereocenters. The molecule has 1 amide bonds. The van der Waals surface area contributed by atoms with Crippen LogP contribution in [0.1, 0.15) is 25.8 Å². The zero-order chi connectivity index (χ0) is 15.0. The summed E-state index contributed by atoms with van der Waals surface area (Å²) in [6, 6.07) is 5.02. The molecule has 0 saturated carbocycles. The van der Waals surface area contributed by atoms with Crippen molar-refractivity contribution >= 4 is 5.91 Å². The Hall–Kier alpha value is -1.62. The van der Waals surface area contributed by atoms with Crippen molar-refractivity contribution in [3.8, 4) is 5.75 Å². The molecule has 0 aliphatic rings. The average Bonchev–Trinajstić information content (AvgIpc) is 2.43. The van der Waals surface area contributed by atoms with E-state index in [2.05, 4.69) is 10.6 Å². The Bertz CT molecular complexity index is 436. The highest BCUT2D eigenvalue weighted by molar-refractivity contribution is 5.76. The highest BCUT2D eigenvalue weighted by Crippen LogP contribution is 2.19. The van der Waals surface area contributed by atoms with Gasteiger partial charge in [-0.2, -0.15) is 0 Å². The molecule has 0 atom stereocenters. The number of carbonyl (C=O) groups excluding carboxylic acids is 1. The predicted octanol–water partition coefficient (Wildman–Crippen LogP) is 2.09. The topological polar surface area (TPSA) is 50.4 Å². The molecule has 0 aliphatic heterocycles. The summed E-state index contributed by atoms with van der Waals surface area (Å²) in [5.74, 6) is 0.334. The number of amides is 1. The molecule has 2 N–H and O–H groups in total. The van der Waals surface area contributed by atoms with E-state index in [4.69, 9.17) is 4.74 Å². The maximum Gasteiger partial charge on any atom is 0.221 e. The minimum Gasteiger partial charge on any atom is -0.494 e. The van der Waals surface area contributed by atoms with E-state index in [1.54, 1.807) is 18.2 Å². The largest absolute Gasteiger partial charge is 0.494 e. The number of halogens is 1. The van der Waals surface area contributed by atoms with Gasteiger partial charge in [0.15, 0.2) is 11.6 Å². The van der Waals surface area contributed by atoms with Gasteiger partial charge in [0.1, 0.15) is 0 Å². The Balaban J connectivity index is 2.29. The minimum absolute atomic E-state index is 0.0114. The zero-order valence-corrected chi connectivity index (χ0v) is 12.3. The lowest BCUT2D eigenvalue weighted by atomic mass is 10.2. The van der Waals surface area contributed by atoms with Gasteiger partial charge >= 0.3 is 0 Å². The molecule has 0 spiro atoms. The summed E-state index contributed by atoms with van der Waals surface area (Å²) in [7, 11) is 1.44. The van der Waals surface area contributed by atoms with Crippen molar-refractivity contribution in [3.05, 3.63) is 29.6 Å². The molecule has 0 fully saturated rings. The summed E-state index contributed by atoms with van der Waals surface area (Å²) >= 11 is 0. The van der Waals surface area contributed by atoms with Gasteiger partial charge in [0.05, 0.1) is 7.11 Å². The number of hydrogen-bond donors (Lipinski definition) is 2. The average molecular weight is 282 g/mol. The van der Waals surface area contributed by atoms with Gasteiger partial charge in [0.25, 0.3) is 0 Å². The molecule has 0 radical (unpaired) electrons. The van der Waals surface area contributed by atoms with Crippen LogP contribution in [0, 0.1) is 11.7 Å². The molecule has 20 heavy (non-hydrogen) atoms. The Labute approximate surface area is 119 Å². The van der Waals surface area contributed by atoms with Crippen LogP contribution < -0.4 is 15.4 Å². The summed E-state index contributed by atoms with van der Waals surface area (Å²) < 4.78 is 18.7. The van der Waals surface area contributed by atoms with E-state index in [1.807, 2.05) is 13.8 Å². The molecule has 4 nitrogen and oxygen atoms in total. The van der Waals surface area contributed by atoms with Crippen LogP contribution in [0.2, 0.25) is 0 Å². The molecule has 1 rings (SSSR count). The first-order valence-corrected chi connectivity index (χ1v) is 6.83. The van der Waals surface area contributed by atoms with Crippen LogP contribution in [0.5, 0.6) is 5.75 Å². The number of methoxy groups -OCH3 is 1. The van der Waals surface area contributed by atoms with E-state index >= 15 is 0 Å². The van der Waals surface area contributed by atoms with Crippen LogP contribution in [-0.2, 0) is 11.3 Å². The molecule has 1 aromatic rings. The van der Waals surface area contributed by atoms with E-state index in [0.29, 0.717) is 37.5 Å². The molecule has 0 bridgehead atoms. The Kier molecular flexibility index (Phi) is 7.01. The van der Waals surface area contributed by atoms with Crippen LogP contribution in [0.4, 0.5) is 4.39 Å². The Morgan fingerprint density at radius 1 is 1.40 bits per heavy atom. The highest BCUT2D eigenvalue weighted by atomic mass is 19.1. The maximum absolute atomic E-state index is 13.8. The second kappa shape index (κ2) is 8.53. The van der Waals surface area contributed by atoms with Crippen molar-refractivity contribution in [1.82, 2.24) is 10.6 Å². The van der Waals surface area contributed by atoms with E-state index in [-0.39, 0.29) is 17.5 Å². The van der Waals surface area contributed by atoms with Crippen molar-refractivity contribution in [2.75, 3.05) is 20.2 Å². The van der Waals surface area contributed by atoms with Gasteiger partial charge < -0.3 is 15.4 Å². The van der Waals surface area contributed by atoms with Gasteiger partial charge in [0.2, 0.25) is 5.91 Å². The van der Waals surface area contributed by atoms with Crippen molar-refractivity contribution in [2.45, 2.75) is 26.8 Å². The first kappa shape index (κ1) is 16.4. The SMILES string of the molecule is COc1cccc(CNCCC(=O)NCC(C)C)c1F. The van der Waals surface area contributed by atoms with Crippen LogP contribution >= 0.6 is 0 Å². The minimum atomic E-state index is -0.355. The number of benzene rings is 1. The third kappa shape index (κ3) is 5.57. The zero-order valence-electron chi connectivity index (χ0n) is 12.3. The highest BCUT2D eigenvalue weighted by Gasteiger charge is 2.08. The van der Waals surface area contributed by atoms with E-state index in [0.717, 1.165) is 0 Å². The summed E-state index contributed by atoms with van der Waals surface area (Å²) in [6.45, 7) is 5.67. The monoisotopic (exact) mass is 282 g/mol. The number of carbonyl (C=O) groups is 1. The molecule has 0 heterocycles. The first-order chi connectivity index (χ1) is 9.54. The predicted molar refractivity (Wildman–Crippen MR) is 77.1 cm³/mol. The molecule has 5 heteroatoms. The van der Waals surface area contributed by atoms with Crippen molar-refractivity contribution in [3.63, 3.8) is 0 Å². The Morgan fingerprint density at radius 2 is 2.15 bits per heavy atom. The third-order valence-corrected chi connectivity index (χ3v) is 2.81. The number of hydrogen-bond acceptors (Lipinski definition) is 3. The van der Waals surface area contributed by atoms with E-state index in [1.165, 1.54) is 7.11 Å². The maximum atomic E-state index is 13.8. The fraction of sp³-hybridized carbons (Fsp3) is 0.533. The smallest absolute Gasteiger partial charge is 0.221 e. The number of ether oxygens (including phenoxy) is 1. The van der Waals surface area contributed by atoms with Crippen molar-refractivity contribution in [2.24, 2.45) is 5.92 Å². The van der Waals surface area contributed by atoms with Gasteiger partial charge in [0, 0.05) is 31.6 Å². The summed E-state index contributed by atoms with van der Waals surface area (Å²) in [4.78, 5) is 11.5. The lowest BCUT2D eigenvalue weighted by Crippen LogP contribution is -2.30. The standard InChI is InChI=1S/C15H23FN2O2/c1-11(2)9-18-14(19)7-8-17-10-12-5-4-6-13(20-3)15(12)16/h4-6,11,17H,7-10H2,1-3H3,(H,18,19). The van der Waals surface area contributed by atoms with Crippen LogP contribution in [-0.4, -0.2) is 26.1 Å². The summed E-state index contributed by atoms with van der Waals surface area (Å²) in [5.41, 5.74) is 0.534. The van der Waals surface area contributed by atoms with Crippen LogP contribution in [0.3, 0.4) is 0 Å². The van der Waals surface area contributed by atoms with Gasteiger partial charge in [-0.05, 0) is 12.0 Å². The third-order valence-electron chi connectivity index (χ3n) is 2.81. The van der Waals surface area contributed by atoms with E-state index < -0.39 is 0 Å². The van der Waals surface area contributed by atoms with Gasteiger partial charge in [-0.3, -0.25) is 4.79 Å². The number of rotatable bonds is 8. The Morgan fingerprint density at radius 3 is 2.80 bits per heavy atom. The van der Waals surface area contributed by atoms with Crippen LogP contribution in [0.15, 0.2) is 18.2 Å². The fourth-order valence-corrected chi connectivity index (χ4v) is 1.68. The quantitative estimate of drug-likeness (QED) is 0.718. The lowest BCUT2D eigenvalue weighted by Gasteiger charge is -2.10. The second-order valence-electron chi connectivity index (χ2n) is 5.06. The van der Waals surface area contributed by atoms with Gasteiger partial charge in [-0.15, -0.1) is 0 Å². The van der Waals surface area contributed by atoms with E-state index in [9.17, 15) is 9.18 Å². The van der Waals surface area contributed by atoms with Crippen molar-refractivity contribution < 1.29 is 13.9 Å². The van der Waals surface area contributed by atoms with Crippen molar-refractivity contribution in [1.29, 1.82) is 0 Å². The second-order valence-corrected chi connectivity index (χ2v) is 5.06. The van der Waals surface area contributed by atoms with Gasteiger partial charge in [-0.25, -0.2) is 4.39 Å². The summed E-state index contributed by atoms with van der Waals surface area (Å²) in [6.07, 6.45) is 0.387. The van der Waals surface area contributed by atoms with Crippen LogP contribution in [0.25, 0.3) is 0 Å². The molecular formula is C15H23FN2O2. The molecule has 0 aromatic heterocycles. The lowest BCUT2D eigenvalue weighted by molar-refractivity contribution is -0.121. The fourth-order valence-electron chi connectivity index (χ4n) is 1.68. The molecule has 112 valence electrons. The molecular weight excluding hydrogens is 259 g/mol. The first-order valence-electron chi connectivity index (χ1n) is 6.83. The molecule has 1 aromatic carbocycles. The molecule has 0 saturated heterocycles. The summed E-state index contributed by atoms with van der Waals surface area (Å²) in [5, 5.41) is 5.89. The normalized spacial score (nSPS) is 10.7.